The normalized spacial score (nSPS) is 10.5. The van der Waals surface area contributed by atoms with Gasteiger partial charge in [0.15, 0.2) is 0 Å². The van der Waals surface area contributed by atoms with E-state index < -0.39 is 0 Å². The molecule has 0 aliphatic rings. The van der Waals surface area contributed by atoms with Gasteiger partial charge in [0.05, 0.1) is 0 Å². The zero-order valence-electron chi connectivity index (χ0n) is 13.3. The molecule has 4 nitrogen and oxygen atoms in total. The van der Waals surface area contributed by atoms with Gasteiger partial charge in [-0.15, -0.1) is 0 Å². The highest BCUT2D eigenvalue weighted by molar-refractivity contribution is 9.10. The van der Waals surface area contributed by atoms with Crippen LogP contribution in [0.2, 0.25) is 0 Å². The molecule has 2 N–H and O–H groups in total. The summed E-state index contributed by atoms with van der Waals surface area (Å²) in [5.41, 5.74) is 2.70. The van der Waals surface area contributed by atoms with Crippen molar-refractivity contribution in [3.8, 4) is 0 Å². The molecule has 0 radical (unpaired) electrons. The van der Waals surface area contributed by atoms with Gasteiger partial charge in [0.1, 0.15) is 23.3 Å². The van der Waals surface area contributed by atoms with Crippen molar-refractivity contribution in [3.05, 3.63) is 70.2 Å². The number of benzene rings is 2. The molecule has 6 heteroatoms. The Balaban J connectivity index is 1.86. The Morgan fingerprint density at radius 3 is 2.38 bits per heavy atom. The lowest BCUT2D eigenvalue weighted by atomic mass is 10.2. The first-order chi connectivity index (χ1) is 11.5. The third-order valence-corrected chi connectivity index (χ3v) is 3.88. The molecule has 0 bridgehead atoms. The van der Waals surface area contributed by atoms with Crippen LogP contribution in [-0.4, -0.2) is 9.97 Å². The van der Waals surface area contributed by atoms with E-state index in [4.69, 9.17) is 0 Å². The molecular weight excluding hydrogens is 371 g/mol. The minimum Gasteiger partial charge on any atom is -0.340 e. The summed E-state index contributed by atoms with van der Waals surface area (Å²) in [7, 11) is 0. The van der Waals surface area contributed by atoms with Gasteiger partial charge in [-0.1, -0.05) is 22.0 Å². The monoisotopic (exact) mass is 386 g/mol. The van der Waals surface area contributed by atoms with Crippen molar-refractivity contribution in [2.24, 2.45) is 0 Å². The van der Waals surface area contributed by atoms with Crippen LogP contribution in [-0.2, 0) is 0 Å². The van der Waals surface area contributed by atoms with E-state index in [1.165, 1.54) is 12.1 Å². The number of nitrogens with zero attached hydrogens (tertiary/aromatic N) is 2. The molecule has 0 unspecified atom stereocenters. The molecule has 3 rings (SSSR count). The van der Waals surface area contributed by atoms with E-state index in [0.717, 1.165) is 15.7 Å². The molecule has 1 heterocycles. The first-order valence-corrected chi connectivity index (χ1v) is 8.20. The summed E-state index contributed by atoms with van der Waals surface area (Å²) >= 11 is 3.45. The van der Waals surface area contributed by atoms with Crippen LogP contribution < -0.4 is 10.6 Å². The minimum atomic E-state index is -0.297. The van der Waals surface area contributed by atoms with Crippen LogP contribution in [0.1, 0.15) is 11.4 Å². The summed E-state index contributed by atoms with van der Waals surface area (Å²) in [6.07, 6.45) is 0. The molecule has 122 valence electrons. The second-order valence-corrected chi connectivity index (χ2v) is 6.32. The predicted octanol–water partition coefficient (Wildman–Crippen LogP) is 5.48. The van der Waals surface area contributed by atoms with Gasteiger partial charge in [0.2, 0.25) is 0 Å². The molecule has 0 aliphatic carbocycles. The molecule has 0 saturated heterocycles. The number of halogens is 2. The van der Waals surface area contributed by atoms with Gasteiger partial charge in [-0.05, 0) is 55.8 Å². The van der Waals surface area contributed by atoms with Crippen molar-refractivity contribution in [3.63, 3.8) is 0 Å². The van der Waals surface area contributed by atoms with Gasteiger partial charge in [0, 0.05) is 21.9 Å². The van der Waals surface area contributed by atoms with Gasteiger partial charge in [0.25, 0.3) is 0 Å². The van der Waals surface area contributed by atoms with Crippen LogP contribution in [0.5, 0.6) is 0 Å². The van der Waals surface area contributed by atoms with Crippen molar-refractivity contribution < 1.29 is 4.39 Å². The second kappa shape index (κ2) is 6.97. The maximum absolute atomic E-state index is 13.3. The number of aromatic nitrogens is 2. The van der Waals surface area contributed by atoms with Crippen LogP contribution in [0.4, 0.5) is 27.4 Å². The third-order valence-electron chi connectivity index (χ3n) is 3.39. The first-order valence-electron chi connectivity index (χ1n) is 7.41. The summed E-state index contributed by atoms with van der Waals surface area (Å²) in [5, 5.41) is 6.39. The van der Waals surface area contributed by atoms with Gasteiger partial charge in [-0.25, -0.2) is 14.4 Å². The lowest BCUT2D eigenvalue weighted by Gasteiger charge is -2.12. The SMILES string of the molecule is Cc1nc(Nc2cccc(F)c2)cc(Nc2ccc(Br)cc2C)n1. The highest BCUT2D eigenvalue weighted by atomic mass is 79.9. The first kappa shape index (κ1) is 16.4. The van der Waals surface area contributed by atoms with E-state index in [-0.39, 0.29) is 5.82 Å². The second-order valence-electron chi connectivity index (χ2n) is 5.41. The predicted molar refractivity (Wildman–Crippen MR) is 98.6 cm³/mol. The standard InChI is InChI=1S/C18H16BrFN4/c1-11-8-13(19)6-7-16(11)24-18-10-17(21-12(2)22-18)23-15-5-3-4-14(20)9-15/h3-10H,1-2H3,(H2,21,22,23,24). The summed E-state index contributed by atoms with van der Waals surface area (Å²) in [6, 6.07) is 14.0. The Morgan fingerprint density at radius 1 is 0.917 bits per heavy atom. The molecule has 0 spiro atoms. The van der Waals surface area contributed by atoms with Crippen molar-refractivity contribution in [2.75, 3.05) is 10.6 Å². The van der Waals surface area contributed by atoms with Crippen LogP contribution in [0.3, 0.4) is 0 Å². The van der Waals surface area contributed by atoms with Crippen LogP contribution in [0.15, 0.2) is 53.0 Å². The van der Waals surface area contributed by atoms with Crippen molar-refractivity contribution >= 4 is 38.9 Å². The Bertz CT molecular complexity index is 883. The number of rotatable bonds is 4. The van der Waals surface area contributed by atoms with E-state index in [1.807, 2.05) is 32.0 Å². The topological polar surface area (TPSA) is 49.8 Å². The maximum Gasteiger partial charge on any atom is 0.136 e. The van der Waals surface area contributed by atoms with Gasteiger partial charge < -0.3 is 10.6 Å². The van der Waals surface area contributed by atoms with Crippen LogP contribution in [0.25, 0.3) is 0 Å². The van der Waals surface area contributed by atoms with Crippen molar-refractivity contribution in [1.29, 1.82) is 0 Å². The van der Waals surface area contributed by atoms with E-state index in [1.54, 1.807) is 18.2 Å². The summed E-state index contributed by atoms with van der Waals surface area (Å²) in [5.74, 6) is 1.60. The molecule has 0 saturated carbocycles. The molecule has 2 aromatic carbocycles. The van der Waals surface area contributed by atoms with Crippen LogP contribution in [0, 0.1) is 19.7 Å². The molecule has 0 amide bonds. The molecule has 0 aliphatic heterocycles. The van der Waals surface area contributed by atoms with Gasteiger partial charge in [-0.3, -0.25) is 0 Å². The van der Waals surface area contributed by atoms with Crippen molar-refractivity contribution in [1.82, 2.24) is 9.97 Å². The fraction of sp³-hybridized carbons (Fsp3) is 0.111. The summed E-state index contributed by atoms with van der Waals surface area (Å²) in [4.78, 5) is 8.75. The average Bonchev–Trinajstić information content (AvgIpc) is 2.49. The molecular formula is C18H16BrFN4. The number of hydrogen-bond acceptors (Lipinski definition) is 4. The Morgan fingerprint density at radius 2 is 1.67 bits per heavy atom. The van der Waals surface area contributed by atoms with Crippen molar-refractivity contribution in [2.45, 2.75) is 13.8 Å². The number of anilines is 4. The van der Waals surface area contributed by atoms with E-state index in [0.29, 0.717) is 23.1 Å². The van der Waals surface area contributed by atoms with Crippen LogP contribution >= 0.6 is 15.9 Å². The van der Waals surface area contributed by atoms with E-state index in [2.05, 4.69) is 36.5 Å². The number of hydrogen-bond donors (Lipinski definition) is 2. The molecule has 0 atom stereocenters. The Labute approximate surface area is 148 Å². The Hall–Kier alpha value is -2.47. The number of aryl methyl sites for hydroxylation is 2. The fourth-order valence-corrected chi connectivity index (χ4v) is 2.79. The highest BCUT2D eigenvalue weighted by Gasteiger charge is 2.06. The molecule has 1 aromatic heterocycles. The number of nitrogens with one attached hydrogen (secondary N) is 2. The fourth-order valence-electron chi connectivity index (χ4n) is 2.32. The van der Waals surface area contributed by atoms with E-state index in [9.17, 15) is 4.39 Å². The van der Waals surface area contributed by atoms with Gasteiger partial charge >= 0.3 is 0 Å². The maximum atomic E-state index is 13.3. The third kappa shape index (κ3) is 4.08. The summed E-state index contributed by atoms with van der Waals surface area (Å²) in [6.45, 7) is 3.84. The zero-order valence-corrected chi connectivity index (χ0v) is 14.9. The lowest BCUT2D eigenvalue weighted by molar-refractivity contribution is 0.628. The summed E-state index contributed by atoms with van der Waals surface area (Å²) < 4.78 is 14.3. The molecule has 3 aromatic rings. The smallest absolute Gasteiger partial charge is 0.136 e. The minimum absolute atomic E-state index is 0.297. The Kier molecular flexibility index (Phi) is 4.76. The molecule has 0 fully saturated rings. The zero-order chi connectivity index (χ0) is 17.1. The highest BCUT2D eigenvalue weighted by Crippen LogP contribution is 2.25. The van der Waals surface area contributed by atoms with Gasteiger partial charge in [-0.2, -0.15) is 0 Å². The quantitative estimate of drug-likeness (QED) is 0.622. The average molecular weight is 387 g/mol. The lowest BCUT2D eigenvalue weighted by Crippen LogP contribution is -2.02. The molecule has 24 heavy (non-hydrogen) atoms. The van der Waals surface area contributed by atoms with E-state index >= 15 is 0 Å². The largest absolute Gasteiger partial charge is 0.340 e.